The monoisotopic (exact) mass is 511 g/mol. The summed E-state index contributed by atoms with van der Waals surface area (Å²) in [7, 11) is 1.46. The maximum absolute atomic E-state index is 12.4. The van der Waals surface area contributed by atoms with Gasteiger partial charge in [-0.05, 0) is 72.3 Å². The minimum atomic E-state index is -0.570. The topological polar surface area (TPSA) is 74.2 Å². The number of carbonyl (C=O) groups excluding carboxylic acids is 2. The van der Waals surface area contributed by atoms with E-state index in [-0.39, 0.29) is 17.3 Å². The van der Waals surface area contributed by atoms with Crippen molar-refractivity contribution >= 4 is 51.4 Å². The molecule has 0 aliphatic carbocycles. The SMILES string of the molecule is COc1cc(/C=C2\N=C(c3ccc(Cl)cc3)OC2=O)ccc1OC(=O)c1ccc(Br)cc1. The highest BCUT2D eigenvalue weighted by Crippen LogP contribution is 2.30. The van der Waals surface area contributed by atoms with Crippen LogP contribution in [-0.4, -0.2) is 24.9 Å². The lowest BCUT2D eigenvalue weighted by molar-refractivity contribution is -0.129. The Balaban J connectivity index is 1.56. The van der Waals surface area contributed by atoms with E-state index in [0.29, 0.717) is 27.5 Å². The maximum Gasteiger partial charge on any atom is 0.363 e. The Bertz CT molecular complexity index is 1250. The molecule has 0 amide bonds. The van der Waals surface area contributed by atoms with Crippen LogP contribution in [0, 0.1) is 0 Å². The van der Waals surface area contributed by atoms with Crippen molar-refractivity contribution in [3.05, 3.63) is 98.6 Å². The highest BCUT2D eigenvalue weighted by atomic mass is 79.9. The number of carbonyl (C=O) groups is 2. The van der Waals surface area contributed by atoms with Gasteiger partial charge in [0.25, 0.3) is 0 Å². The summed E-state index contributed by atoms with van der Waals surface area (Å²) in [4.78, 5) is 28.9. The van der Waals surface area contributed by atoms with Crippen LogP contribution in [0.2, 0.25) is 5.02 Å². The summed E-state index contributed by atoms with van der Waals surface area (Å²) in [5, 5.41) is 0.572. The number of rotatable bonds is 5. The number of cyclic esters (lactones) is 1. The van der Waals surface area contributed by atoms with Gasteiger partial charge in [0.15, 0.2) is 17.2 Å². The van der Waals surface area contributed by atoms with Crippen molar-refractivity contribution in [3.63, 3.8) is 0 Å². The van der Waals surface area contributed by atoms with Gasteiger partial charge in [-0.2, -0.15) is 0 Å². The van der Waals surface area contributed by atoms with E-state index in [2.05, 4.69) is 20.9 Å². The second-order valence-corrected chi connectivity index (χ2v) is 8.00. The Labute approximate surface area is 197 Å². The number of hydrogen-bond acceptors (Lipinski definition) is 6. The number of nitrogens with zero attached hydrogens (tertiary/aromatic N) is 1. The standard InChI is InChI=1S/C24H15BrClNO5/c1-30-21-13-14(2-11-20(21)31-23(28)16-3-7-17(25)8-4-16)12-19-24(29)32-22(27-19)15-5-9-18(26)10-6-15/h2-13H,1H3/b19-12-. The molecule has 0 atom stereocenters. The summed E-state index contributed by atoms with van der Waals surface area (Å²) in [6, 6.07) is 18.5. The third-order valence-corrected chi connectivity index (χ3v) is 5.27. The van der Waals surface area contributed by atoms with Crippen molar-refractivity contribution < 1.29 is 23.8 Å². The Morgan fingerprint density at radius 1 is 1.03 bits per heavy atom. The van der Waals surface area contributed by atoms with Gasteiger partial charge in [0.2, 0.25) is 5.90 Å². The van der Waals surface area contributed by atoms with Crippen LogP contribution >= 0.6 is 27.5 Å². The van der Waals surface area contributed by atoms with Crippen LogP contribution < -0.4 is 9.47 Å². The third-order valence-electron chi connectivity index (χ3n) is 4.49. The molecule has 0 fully saturated rings. The largest absolute Gasteiger partial charge is 0.493 e. The average molecular weight is 513 g/mol. The van der Waals surface area contributed by atoms with Gasteiger partial charge in [-0.25, -0.2) is 14.6 Å². The summed E-state index contributed by atoms with van der Waals surface area (Å²) < 4.78 is 16.9. The van der Waals surface area contributed by atoms with Crippen molar-refractivity contribution in [3.8, 4) is 11.5 Å². The molecule has 1 aliphatic heterocycles. The van der Waals surface area contributed by atoms with Crippen LogP contribution in [0.15, 0.2) is 81.9 Å². The summed E-state index contributed by atoms with van der Waals surface area (Å²) in [5.41, 5.74) is 1.80. The first-order chi connectivity index (χ1) is 15.4. The highest BCUT2D eigenvalue weighted by Gasteiger charge is 2.24. The molecule has 0 saturated carbocycles. The maximum atomic E-state index is 12.4. The molecule has 8 heteroatoms. The highest BCUT2D eigenvalue weighted by molar-refractivity contribution is 9.10. The summed E-state index contributed by atoms with van der Waals surface area (Å²) in [6.07, 6.45) is 1.56. The van der Waals surface area contributed by atoms with Crippen molar-refractivity contribution in [2.24, 2.45) is 4.99 Å². The van der Waals surface area contributed by atoms with Crippen molar-refractivity contribution in [2.75, 3.05) is 7.11 Å². The quantitative estimate of drug-likeness (QED) is 0.250. The Hall–Kier alpha value is -3.42. The fourth-order valence-corrected chi connectivity index (χ4v) is 3.28. The summed E-state index contributed by atoms with van der Waals surface area (Å²) in [6.45, 7) is 0. The number of methoxy groups -OCH3 is 1. The van der Waals surface area contributed by atoms with E-state index < -0.39 is 11.9 Å². The van der Waals surface area contributed by atoms with Gasteiger partial charge in [-0.1, -0.05) is 33.6 Å². The normalized spacial score (nSPS) is 14.2. The second-order valence-electron chi connectivity index (χ2n) is 6.65. The van der Waals surface area contributed by atoms with Gasteiger partial charge in [0.1, 0.15) is 0 Å². The van der Waals surface area contributed by atoms with Crippen LogP contribution in [0.25, 0.3) is 6.08 Å². The van der Waals surface area contributed by atoms with E-state index in [1.165, 1.54) is 7.11 Å². The van der Waals surface area contributed by atoms with Crippen LogP contribution in [0.4, 0.5) is 0 Å². The van der Waals surface area contributed by atoms with Gasteiger partial charge >= 0.3 is 11.9 Å². The van der Waals surface area contributed by atoms with Crippen molar-refractivity contribution in [1.29, 1.82) is 0 Å². The fraction of sp³-hybridized carbons (Fsp3) is 0.0417. The zero-order chi connectivity index (χ0) is 22.7. The Morgan fingerprint density at radius 2 is 1.75 bits per heavy atom. The third kappa shape index (κ3) is 4.90. The second kappa shape index (κ2) is 9.38. The van der Waals surface area contributed by atoms with Gasteiger partial charge < -0.3 is 14.2 Å². The van der Waals surface area contributed by atoms with Crippen LogP contribution in [0.5, 0.6) is 11.5 Å². The molecular weight excluding hydrogens is 498 g/mol. The molecule has 3 aromatic rings. The smallest absolute Gasteiger partial charge is 0.363 e. The van der Waals surface area contributed by atoms with Crippen LogP contribution in [0.3, 0.4) is 0 Å². The predicted molar refractivity (Wildman–Crippen MR) is 124 cm³/mol. The predicted octanol–water partition coefficient (Wildman–Crippen LogP) is 5.67. The molecule has 0 saturated heterocycles. The molecule has 0 aromatic heterocycles. The molecule has 1 heterocycles. The lowest BCUT2D eigenvalue weighted by Crippen LogP contribution is -2.09. The first-order valence-electron chi connectivity index (χ1n) is 9.37. The first-order valence-corrected chi connectivity index (χ1v) is 10.5. The molecule has 0 radical (unpaired) electrons. The first kappa shape index (κ1) is 21.8. The minimum Gasteiger partial charge on any atom is -0.493 e. The molecular formula is C24H15BrClNO5. The number of halogens is 2. The molecule has 0 unspecified atom stereocenters. The minimum absolute atomic E-state index is 0.136. The summed E-state index contributed by atoms with van der Waals surface area (Å²) in [5.74, 6) is -0.303. The number of hydrogen-bond donors (Lipinski definition) is 0. The molecule has 0 bridgehead atoms. The average Bonchev–Trinajstić information content (AvgIpc) is 3.15. The summed E-state index contributed by atoms with van der Waals surface area (Å²) >= 11 is 9.22. The van der Waals surface area contributed by atoms with E-state index in [4.69, 9.17) is 25.8 Å². The molecule has 1 aliphatic rings. The Kier molecular flexibility index (Phi) is 6.39. The van der Waals surface area contributed by atoms with Gasteiger partial charge in [-0.3, -0.25) is 0 Å². The number of ether oxygens (including phenoxy) is 3. The molecule has 4 rings (SSSR count). The lowest BCUT2D eigenvalue weighted by Gasteiger charge is -2.10. The zero-order valence-electron chi connectivity index (χ0n) is 16.7. The van der Waals surface area contributed by atoms with Gasteiger partial charge in [0.05, 0.1) is 12.7 Å². The molecule has 3 aromatic carbocycles. The van der Waals surface area contributed by atoms with E-state index in [0.717, 1.165) is 4.47 Å². The van der Waals surface area contributed by atoms with E-state index in [1.807, 2.05) is 0 Å². The van der Waals surface area contributed by atoms with Crippen molar-refractivity contribution in [1.82, 2.24) is 0 Å². The van der Waals surface area contributed by atoms with E-state index >= 15 is 0 Å². The van der Waals surface area contributed by atoms with Crippen molar-refractivity contribution in [2.45, 2.75) is 0 Å². The Morgan fingerprint density at radius 3 is 2.44 bits per heavy atom. The number of aliphatic imine (C=N–C) groups is 1. The van der Waals surface area contributed by atoms with Crippen LogP contribution in [-0.2, 0) is 9.53 Å². The lowest BCUT2D eigenvalue weighted by atomic mass is 10.1. The number of benzene rings is 3. The molecule has 160 valence electrons. The molecule has 6 nitrogen and oxygen atoms in total. The molecule has 0 spiro atoms. The van der Waals surface area contributed by atoms with Gasteiger partial charge in [0, 0.05) is 15.1 Å². The van der Waals surface area contributed by atoms with E-state index in [9.17, 15) is 9.59 Å². The molecule has 0 N–H and O–H groups in total. The molecule has 32 heavy (non-hydrogen) atoms. The number of esters is 2. The zero-order valence-corrected chi connectivity index (χ0v) is 19.0. The van der Waals surface area contributed by atoms with E-state index in [1.54, 1.807) is 72.8 Å². The van der Waals surface area contributed by atoms with Gasteiger partial charge in [-0.15, -0.1) is 0 Å². The van der Waals surface area contributed by atoms with Crippen LogP contribution in [0.1, 0.15) is 21.5 Å². The fourth-order valence-electron chi connectivity index (χ4n) is 2.89.